The van der Waals surface area contributed by atoms with E-state index < -0.39 is 6.10 Å². The first-order valence-corrected chi connectivity index (χ1v) is 4.33. The lowest BCUT2D eigenvalue weighted by molar-refractivity contribution is -0.140. The zero-order chi connectivity index (χ0) is 9.14. The Hall–Kier alpha value is -0.320. The number of aliphatic hydroxyl groups is 1. The van der Waals surface area contributed by atoms with Crippen LogP contribution in [0.15, 0.2) is 0 Å². The Balaban J connectivity index is 0.00000144. The molecule has 1 amide bonds. The zero-order valence-corrected chi connectivity index (χ0v) is 8.59. The van der Waals surface area contributed by atoms with Crippen LogP contribution >= 0.6 is 12.4 Å². The van der Waals surface area contributed by atoms with E-state index in [2.05, 4.69) is 0 Å². The van der Waals surface area contributed by atoms with Gasteiger partial charge in [-0.05, 0) is 19.8 Å². The minimum atomic E-state index is -0.876. The maximum absolute atomic E-state index is 11.2. The third-order valence-corrected chi connectivity index (χ3v) is 2.21. The number of piperidine rings is 1. The summed E-state index contributed by atoms with van der Waals surface area (Å²) in [5.74, 6) is -0.179. The number of hydrogen-bond acceptors (Lipinski definition) is 3. The molecule has 0 radical (unpaired) electrons. The van der Waals surface area contributed by atoms with E-state index in [1.807, 2.05) is 0 Å². The monoisotopic (exact) mass is 208 g/mol. The summed E-state index contributed by atoms with van der Waals surface area (Å²) < 4.78 is 0. The van der Waals surface area contributed by atoms with Gasteiger partial charge in [0.25, 0.3) is 5.91 Å². The molecule has 0 saturated carbocycles. The first kappa shape index (κ1) is 12.7. The molecule has 1 saturated heterocycles. The zero-order valence-electron chi connectivity index (χ0n) is 7.77. The van der Waals surface area contributed by atoms with Crippen molar-refractivity contribution in [3.05, 3.63) is 0 Å². The highest BCUT2D eigenvalue weighted by Gasteiger charge is 2.22. The van der Waals surface area contributed by atoms with Gasteiger partial charge in [0.2, 0.25) is 0 Å². The summed E-state index contributed by atoms with van der Waals surface area (Å²) in [5.41, 5.74) is 5.67. The molecule has 3 N–H and O–H groups in total. The number of carbonyl (C=O) groups is 1. The molecule has 78 valence electrons. The van der Waals surface area contributed by atoms with Crippen LogP contribution in [0.4, 0.5) is 0 Å². The van der Waals surface area contributed by atoms with Gasteiger partial charge in [0, 0.05) is 19.1 Å². The Kier molecular flexibility index (Phi) is 5.29. The normalized spacial score (nSPS) is 20.7. The van der Waals surface area contributed by atoms with Crippen LogP contribution in [0.5, 0.6) is 0 Å². The van der Waals surface area contributed by atoms with Gasteiger partial charge in [-0.25, -0.2) is 0 Å². The number of hydrogen-bond donors (Lipinski definition) is 2. The molecule has 0 aromatic heterocycles. The van der Waals surface area contributed by atoms with E-state index >= 15 is 0 Å². The molecule has 1 aliphatic heterocycles. The quantitative estimate of drug-likeness (QED) is 0.624. The van der Waals surface area contributed by atoms with E-state index in [9.17, 15) is 4.79 Å². The summed E-state index contributed by atoms with van der Waals surface area (Å²) in [6.07, 6.45) is 0.816. The Morgan fingerprint density at radius 2 is 2.00 bits per heavy atom. The molecule has 1 heterocycles. The van der Waals surface area contributed by atoms with Crippen LogP contribution in [0.3, 0.4) is 0 Å². The topological polar surface area (TPSA) is 66.6 Å². The molecule has 1 atom stereocenters. The van der Waals surface area contributed by atoms with Crippen molar-refractivity contribution in [2.75, 3.05) is 13.1 Å². The average molecular weight is 209 g/mol. The van der Waals surface area contributed by atoms with Gasteiger partial charge in [-0.15, -0.1) is 12.4 Å². The van der Waals surface area contributed by atoms with E-state index in [-0.39, 0.29) is 24.4 Å². The van der Waals surface area contributed by atoms with Crippen LogP contribution in [0.2, 0.25) is 0 Å². The van der Waals surface area contributed by atoms with Crippen molar-refractivity contribution in [1.82, 2.24) is 4.90 Å². The predicted octanol–water partition coefficient (Wildman–Crippen LogP) is -0.261. The number of likely N-dealkylation sites (tertiary alicyclic amines) is 1. The van der Waals surface area contributed by atoms with E-state index in [1.165, 1.54) is 6.92 Å². The Morgan fingerprint density at radius 3 is 2.38 bits per heavy atom. The van der Waals surface area contributed by atoms with Gasteiger partial charge in [0.15, 0.2) is 0 Å². The molecule has 4 nitrogen and oxygen atoms in total. The first-order valence-electron chi connectivity index (χ1n) is 4.33. The number of nitrogens with zero attached hydrogens (tertiary/aromatic N) is 1. The molecule has 0 bridgehead atoms. The Morgan fingerprint density at radius 1 is 1.54 bits per heavy atom. The van der Waals surface area contributed by atoms with E-state index in [0.717, 1.165) is 12.8 Å². The molecule has 1 rings (SSSR count). The summed E-state index contributed by atoms with van der Waals surface area (Å²) in [6.45, 7) is 2.87. The molecule has 1 aliphatic rings. The largest absolute Gasteiger partial charge is 0.384 e. The molecule has 1 fully saturated rings. The highest BCUT2D eigenvalue weighted by Crippen LogP contribution is 2.09. The third kappa shape index (κ3) is 3.50. The summed E-state index contributed by atoms with van der Waals surface area (Å²) in [5, 5.41) is 9.02. The number of aliphatic hydroxyl groups excluding tert-OH is 1. The van der Waals surface area contributed by atoms with Crippen molar-refractivity contribution in [2.45, 2.75) is 31.9 Å². The van der Waals surface area contributed by atoms with E-state index in [1.54, 1.807) is 4.90 Å². The minimum Gasteiger partial charge on any atom is -0.384 e. The van der Waals surface area contributed by atoms with Crippen molar-refractivity contribution in [1.29, 1.82) is 0 Å². The van der Waals surface area contributed by atoms with Crippen LogP contribution in [0.1, 0.15) is 19.8 Å². The van der Waals surface area contributed by atoms with Gasteiger partial charge in [0.1, 0.15) is 6.10 Å². The third-order valence-electron chi connectivity index (χ3n) is 2.21. The van der Waals surface area contributed by atoms with E-state index in [4.69, 9.17) is 10.8 Å². The van der Waals surface area contributed by atoms with Gasteiger partial charge in [0.05, 0.1) is 0 Å². The van der Waals surface area contributed by atoms with Crippen LogP contribution in [-0.4, -0.2) is 41.1 Å². The predicted molar refractivity (Wildman–Crippen MR) is 52.7 cm³/mol. The van der Waals surface area contributed by atoms with E-state index in [0.29, 0.717) is 13.1 Å². The van der Waals surface area contributed by atoms with Gasteiger partial charge < -0.3 is 15.7 Å². The average Bonchev–Trinajstić information content (AvgIpc) is 2.04. The molecule has 0 aromatic rings. The summed E-state index contributed by atoms with van der Waals surface area (Å²) in [6, 6.07) is 0.225. The highest BCUT2D eigenvalue weighted by atomic mass is 35.5. The number of rotatable bonds is 1. The number of carbonyl (C=O) groups excluding carboxylic acids is 1. The SMILES string of the molecule is CC(O)C(=O)N1CCC(N)CC1.Cl. The number of nitrogens with two attached hydrogens (primary N) is 1. The summed E-state index contributed by atoms with van der Waals surface area (Å²) in [4.78, 5) is 12.9. The van der Waals surface area contributed by atoms with Crippen molar-refractivity contribution in [3.8, 4) is 0 Å². The molecule has 0 aliphatic carbocycles. The van der Waals surface area contributed by atoms with Crippen LogP contribution in [-0.2, 0) is 4.79 Å². The number of halogens is 1. The molecular weight excluding hydrogens is 192 g/mol. The lowest BCUT2D eigenvalue weighted by atomic mass is 10.1. The fourth-order valence-corrected chi connectivity index (χ4v) is 1.38. The maximum Gasteiger partial charge on any atom is 0.251 e. The molecule has 0 spiro atoms. The fraction of sp³-hybridized carbons (Fsp3) is 0.875. The molecule has 5 heteroatoms. The van der Waals surface area contributed by atoms with Crippen LogP contribution in [0, 0.1) is 0 Å². The molecule has 13 heavy (non-hydrogen) atoms. The van der Waals surface area contributed by atoms with Gasteiger partial charge in [-0.3, -0.25) is 4.79 Å². The maximum atomic E-state index is 11.2. The number of amides is 1. The van der Waals surface area contributed by atoms with Crippen molar-refractivity contribution in [2.24, 2.45) is 5.73 Å². The minimum absolute atomic E-state index is 0. The molecular formula is C8H17ClN2O2. The lowest BCUT2D eigenvalue weighted by Gasteiger charge is -2.30. The molecule has 0 aromatic carbocycles. The smallest absolute Gasteiger partial charge is 0.251 e. The Bertz CT molecular complexity index is 168. The first-order chi connectivity index (χ1) is 5.61. The highest BCUT2D eigenvalue weighted by molar-refractivity contribution is 5.85. The summed E-state index contributed by atoms with van der Waals surface area (Å²) in [7, 11) is 0. The fourth-order valence-electron chi connectivity index (χ4n) is 1.38. The van der Waals surface area contributed by atoms with Gasteiger partial charge >= 0.3 is 0 Å². The summed E-state index contributed by atoms with van der Waals surface area (Å²) >= 11 is 0. The molecule has 1 unspecified atom stereocenters. The van der Waals surface area contributed by atoms with Gasteiger partial charge in [-0.2, -0.15) is 0 Å². The lowest BCUT2D eigenvalue weighted by Crippen LogP contribution is -2.46. The second kappa shape index (κ2) is 5.42. The van der Waals surface area contributed by atoms with Crippen LogP contribution in [0.25, 0.3) is 0 Å². The second-order valence-corrected chi connectivity index (χ2v) is 3.34. The second-order valence-electron chi connectivity index (χ2n) is 3.34. The van der Waals surface area contributed by atoms with Crippen molar-refractivity contribution < 1.29 is 9.90 Å². The van der Waals surface area contributed by atoms with Crippen molar-refractivity contribution in [3.63, 3.8) is 0 Å². The Labute approximate surface area is 84.5 Å². The van der Waals surface area contributed by atoms with Crippen molar-refractivity contribution >= 4 is 18.3 Å². The standard InChI is InChI=1S/C8H16N2O2.ClH/c1-6(11)8(12)10-4-2-7(9)3-5-10;/h6-7,11H,2-5,9H2,1H3;1H. The van der Waals surface area contributed by atoms with Gasteiger partial charge in [-0.1, -0.05) is 0 Å². The van der Waals surface area contributed by atoms with Crippen LogP contribution < -0.4 is 5.73 Å².